The molecule has 0 spiro atoms. The number of rotatable bonds is 3. The average molecular weight is 450 g/mol. The summed E-state index contributed by atoms with van der Waals surface area (Å²) < 4.78 is 120. The summed E-state index contributed by atoms with van der Waals surface area (Å²) in [4.78, 5) is 0. The molecule has 3 aromatic carbocycles. The van der Waals surface area contributed by atoms with Gasteiger partial charge in [0.2, 0.25) is 0 Å². The lowest BCUT2D eigenvalue weighted by Gasteiger charge is -2.22. The van der Waals surface area contributed by atoms with E-state index in [1.54, 1.807) is 0 Å². The van der Waals surface area contributed by atoms with Crippen molar-refractivity contribution in [2.24, 2.45) is 0 Å². The fourth-order valence-electron chi connectivity index (χ4n) is 2.94. The van der Waals surface area contributed by atoms with Crippen LogP contribution in [0, 0.1) is 11.6 Å². The molecular weight excluding hydrogens is 439 g/mol. The lowest BCUT2D eigenvalue weighted by Crippen LogP contribution is -2.27. The molecule has 3 aromatic rings. The molecule has 0 saturated carbocycles. The van der Waals surface area contributed by atoms with Gasteiger partial charge in [-0.1, -0.05) is 30.3 Å². The smallest absolute Gasteiger partial charge is 0.309 e. The lowest BCUT2D eigenvalue weighted by atomic mass is 10.2. The van der Waals surface area contributed by atoms with Gasteiger partial charge in [-0.2, -0.15) is 26.3 Å². The normalized spacial score (nSPS) is 12.8. The van der Waals surface area contributed by atoms with E-state index in [9.17, 15) is 39.7 Å². The molecule has 0 aliphatic carbocycles. The standard InChI is InChI=1S/C20H11F8OP/c21-17-8-6-13(10-15(17)19(23,24)25)30(29,12-4-2-1-3-5-12)14-7-9-18(22)16(11-14)20(26,27)28/h1-11H. The second kappa shape index (κ2) is 7.54. The first-order chi connectivity index (χ1) is 13.8. The van der Waals surface area contributed by atoms with Gasteiger partial charge in [-0.25, -0.2) is 8.78 Å². The third-order valence-electron chi connectivity index (χ3n) is 4.36. The molecule has 0 aliphatic heterocycles. The monoisotopic (exact) mass is 450 g/mol. The Bertz CT molecular complexity index is 1050. The van der Waals surface area contributed by atoms with E-state index in [0.29, 0.717) is 24.3 Å². The van der Waals surface area contributed by atoms with Crippen LogP contribution in [0.15, 0.2) is 66.7 Å². The average Bonchev–Trinajstić information content (AvgIpc) is 2.67. The summed E-state index contributed by atoms with van der Waals surface area (Å²) in [7, 11) is -4.34. The van der Waals surface area contributed by atoms with Crippen LogP contribution < -0.4 is 15.9 Å². The summed E-state index contributed by atoms with van der Waals surface area (Å²) in [5.41, 5.74) is -3.43. The summed E-state index contributed by atoms with van der Waals surface area (Å²) in [6.45, 7) is 0. The molecular formula is C20H11F8OP. The Morgan fingerprint density at radius 2 is 0.967 bits per heavy atom. The topological polar surface area (TPSA) is 17.1 Å². The van der Waals surface area contributed by atoms with Crippen molar-refractivity contribution in [3.8, 4) is 0 Å². The van der Waals surface area contributed by atoms with Crippen LogP contribution in [0.4, 0.5) is 35.1 Å². The van der Waals surface area contributed by atoms with Gasteiger partial charge in [0.05, 0.1) is 11.1 Å². The maximum Gasteiger partial charge on any atom is 0.419 e. The molecule has 0 atom stereocenters. The molecule has 30 heavy (non-hydrogen) atoms. The van der Waals surface area contributed by atoms with E-state index in [2.05, 4.69) is 0 Å². The molecule has 0 fully saturated rings. The lowest BCUT2D eigenvalue weighted by molar-refractivity contribution is -0.140. The van der Waals surface area contributed by atoms with Crippen LogP contribution in [0.25, 0.3) is 0 Å². The maximum absolute atomic E-state index is 14.0. The van der Waals surface area contributed by atoms with Crippen molar-refractivity contribution >= 4 is 23.1 Å². The van der Waals surface area contributed by atoms with Gasteiger partial charge >= 0.3 is 12.4 Å². The number of halogens is 8. The molecule has 0 aliphatic rings. The fraction of sp³-hybridized carbons (Fsp3) is 0.100. The molecule has 1 nitrogen and oxygen atoms in total. The number of alkyl halides is 6. The van der Waals surface area contributed by atoms with Crippen molar-refractivity contribution in [3.05, 3.63) is 89.5 Å². The minimum atomic E-state index is -5.12. The largest absolute Gasteiger partial charge is 0.419 e. The second-order valence-corrected chi connectivity index (χ2v) is 9.04. The van der Waals surface area contributed by atoms with Crippen LogP contribution in [0.2, 0.25) is 0 Å². The van der Waals surface area contributed by atoms with Crippen molar-refractivity contribution in [2.45, 2.75) is 12.4 Å². The number of hydrogen-bond acceptors (Lipinski definition) is 1. The van der Waals surface area contributed by atoms with Crippen LogP contribution in [-0.2, 0) is 16.9 Å². The second-order valence-electron chi connectivity index (χ2n) is 6.27. The molecule has 0 radical (unpaired) electrons. The van der Waals surface area contributed by atoms with Crippen LogP contribution >= 0.6 is 7.14 Å². The summed E-state index contributed by atoms with van der Waals surface area (Å²) in [6, 6.07) is 9.94. The van der Waals surface area contributed by atoms with Crippen LogP contribution in [0.1, 0.15) is 11.1 Å². The van der Waals surface area contributed by atoms with Crippen molar-refractivity contribution in [2.75, 3.05) is 0 Å². The van der Waals surface area contributed by atoms with Gasteiger partial charge in [0.15, 0.2) is 7.14 Å². The van der Waals surface area contributed by atoms with E-state index in [1.165, 1.54) is 30.3 Å². The molecule has 0 aromatic heterocycles. The van der Waals surface area contributed by atoms with Crippen LogP contribution in [0.3, 0.4) is 0 Å². The Morgan fingerprint density at radius 1 is 0.567 bits per heavy atom. The first kappa shape index (κ1) is 22.0. The van der Waals surface area contributed by atoms with Gasteiger partial charge in [-0.15, -0.1) is 0 Å². The first-order valence-corrected chi connectivity index (χ1v) is 9.96. The number of benzene rings is 3. The van der Waals surface area contributed by atoms with E-state index in [0.717, 1.165) is 12.1 Å². The molecule has 10 heteroatoms. The molecule has 0 unspecified atom stereocenters. The summed E-state index contributed by atoms with van der Waals surface area (Å²) in [5, 5.41) is -1.17. The third kappa shape index (κ3) is 3.99. The van der Waals surface area contributed by atoms with Crippen LogP contribution in [-0.4, -0.2) is 0 Å². The Kier molecular flexibility index (Phi) is 5.54. The van der Waals surface area contributed by atoms with E-state index in [1.807, 2.05) is 0 Å². The Morgan fingerprint density at radius 3 is 1.33 bits per heavy atom. The molecule has 0 heterocycles. The van der Waals surface area contributed by atoms with E-state index in [-0.39, 0.29) is 5.30 Å². The number of hydrogen-bond donors (Lipinski definition) is 0. The highest BCUT2D eigenvalue weighted by Crippen LogP contribution is 2.45. The summed E-state index contributed by atoms with van der Waals surface area (Å²) in [6.07, 6.45) is -10.2. The fourth-order valence-corrected chi connectivity index (χ4v) is 5.62. The highest BCUT2D eigenvalue weighted by atomic mass is 31.2. The van der Waals surface area contributed by atoms with Gasteiger partial charge < -0.3 is 4.57 Å². The van der Waals surface area contributed by atoms with Gasteiger partial charge in [0, 0.05) is 15.9 Å². The zero-order valence-corrected chi connectivity index (χ0v) is 15.6. The predicted octanol–water partition coefficient (Wildman–Crippen LogP) is 5.64. The predicted molar refractivity (Wildman–Crippen MR) is 95.8 cm³/mol. The molecule has 0 amide bonds. The van der Waals surface area contributed by atoms with Gasteiger partial charge in [-0.3, -0.25) is 0 Å². The minimum Gasteiger partial charge on any atom is -0.309 e. The van der Waals surface area contributed by atoms with Gasteiger partial charge in [-0.05, 0) is 36.4 Å². The summed E-state index contributed by atoms with van der Waals surface area (Å²) >= 11 is 0. The van der Waals surface area contributed by atoms with Crippen molar-refractivity contribution in [3.63, 3.8) is 0 Å². The quantitative estimate of drug-likeness (QED) is 0.373. The van der Waals surface area contributed by atoms with E-state index < -0.39 is 52.9 Å². The molecule has 0 N–H and O–H groups in total. The van der Waals surface area contributed by atoms with Crippen molar-refractivity contribution < 1.29 is 39.7 Å². The summed E-state index contributed by atoms with van der Waals surface area (Å²) in [5.74, 6) is -3.25. The van der Waals surface area contributed by atoms with Crippen LogP contribution in [0.5, 0.6) is 0 Å². The van der Waals surface area contributed by atoms with E-state index in [4.69, 9.17) is 0 Å². The Labute approximate surface area is 165 Å². The van der Waals surface area contributed by atoms with E-state index >= 15 is 0 Å². The first-order valence-electron chi connectivity index (χ1n) is 8.25. The molecule has 158 valence electrons. The zero-order chi connectivity index (χ0) is 22.3. The SMILES string of the molecule is O=P(c1ccccc1)(c1ccc(F)c(C(F)(F)F)c1)c1ccc(F)c(C(F)(F)F)c1. The minimum absolute atomic E-state index is 0.0931. The van der Waals surface area contributed by atoms with Gasteiger partial charge in [0.25, 0.3) is 0 Å². The van der Waals surface area contributed by atoms with Gasteiger partial charge in [0.1, 0.15) is 11.6 Å². The highest BCUT2D eigenvalue weighted by Gasteiger charge is 2.40. The maximum atomic E-state index is 14.0. The van der Waals surface area contributed by atoms with Crippen molar-refractivity contribution in [1.29, 1.82) is 0 Å². The Balaban J connectivity index is 2.35. The molecule has 0 bridgehead atoms. The Hall–Kier alpha value is -2.67. The molecule has 0 saturated heterocycles. The third-order valence-corrected chi connectivity index (χ3v) is 7.39. The zero-order valence-electron chi connectivity index (χ0n) is 14.7. The highest BCUT2D eigenvalue weighted by molar-refractivity contribution is 7.85. The van der Waals surface area contributed by atoms with Crippen molar-refractivity contribution in [1.82, 2.24) is 0 Å². The molecule has 3 rings (SSSR count).